The second kappa shape index (κ2) is 6.29. The molecule has 1 saturated heterocycles. The number of allylic oxidation sites excluding steroid dienone is 2. The summed E-state index contributed by atoms with van der Waals surface area (Å²) < 4.78 is 2.01. The molecule has 5 nitrogen and oxygen atoms in total. The van der Waals surface area contributed by atoms with E-state index in [4.69, 9.17) is 0 Å². The third-order valence-electron chi connectivity index (χ3n) is 4.36. The molecule has 6 heteroatoms. The lowest BCUT2D eigenvalue weighted by atomic mass is 10.0. The normalized spacial score (nSPS) is 26.5. The highest BCUT2D eigenvalue weighted by atomic mass is 32.1. The monoisotopic (exact) mass is 327 g/mol. The number of hydrogen-bond donors (Lipinski definition) is 1. The van der Waals surface area contributed by atoms with E-state index in [0.29, 0.717) is 5.92 Å². The zero-order chi connectivity index (χ0) is 15.6. The number of rotatable bonds is 2. The quantitative estimate of drug-likeness (QED) is 0.921. The van der Waals surface area contributed by atoms with E-state index >= 15 is 0 Å². The van der Waals surface area contributed by atoms with Crippen LogP contribution in [0.1, 0.15) is 24.0 Å². The molecule has 0 aromatic carbocycles. The van der Waals surface area contributed by atoms with E-state index in [1.807, 2.05) is 4.68 Å². The molecule has 2 aliphatic rings. The first-order chi connectivity index (χ1) is 11.3. The molecule has 4 heterocycles. The molecule has 2 aromatic heterocycles. The molecule has 1 atom stereocenters. The summed E-state index contributed by atoms with van der Waals surface area (Å²) in [5, 5.41) is 10.1. The van der Waals surface area contributed by atoms with Crippen LogP contribution in [0.15, 0.2) is 36.0 Å². The minimum atomic E-state index is 0.474. The van der Waals surface area contributed by atoms with E-state index in [-0.39, 0.29) is 0 Å². The van der Waals surface area contributed by atoms with Gasteiger partial charge in [0.15, 0.2) is 5.82 Å². The van der Waals surface area contributed by atoms with Crippen LogP contribution in [0.5, 0.6) is 0 Å². The van der Waals surface area contributed by atoms with Crippen LogP contribution in [0.2, 0.25) is 0 Å². The Hall–Kier alpha value is -1.92. The summed E-state index contributed by atoms with van der Waals surface area (Å²) >= 11 is 1.75. The summed E-state index contributed by atoms with van der Waals surface area (Å²) in [5.74, 6) is 1.43. The second-order valence-electron chi connectivity index (χ2n) is 6.06. The van der Waals surface area contributed by atoms with Crippen molar-refractivity contribution in [3.8, 4) is 0 Å². The Morgan fingerprint density at radius 1 is 1.26 bits per heavy atom. The van der Waals surface area contributed by atoms with Crippen molar-refractivity contribution in [3.05, 3.63) is 46.7 Å². The van der Waals surface area contributed by atoms with Gasteiger partial charge in [-0.1, -0.05) is 25.1 Å². The van der Waals surface area contributed by atoms with Gasteiger partial charge in [-0.15, -0.1) is 11.3 Å². The summed E-state index contributed by atoms with van der Waals surface area (Å²) in [4.78, 5) is 8.26. The Morgan fingerprint density at radius 3 is 2.91 bits per heavy atom. The average molecular weight is 327 g/mol. The van der Waals surface area contributed by atoms with E-state index < -0.39 is 0 Å². The van der Waals surface area contributed by atoms with Crippen molar-refractivity contribution >= 4 is 22.7 Å². The molecule has 0 aliphatic carbocycles. The number of hydrogen-bond acceptors (Lipinski definition) is 5. The summed E-state index contributed by atoms with van der Waals surface area (Å²) in [6.07, 6.45) is 7.34. The smallest absolute Gasteiger partial charge is 0.178 e. The van der Waals surface area contributed by atoms with Gasteiger partial charge in [-0.3, -0.25) is 0 Å². The maximum absolute atomic E-state index is 4.59. The first-order valence-corrected chi connectivity index (χ1v) is 9.03. The fourth-order valence-corrected chi connectivity index (χ4v) is 3.91. The first kappa shape index (κ1) is 14.7. The Bertz CT molecular complexity index is 722. The fourth-order valence-electron chi connectivity index (χ4n) is 3.18. The highest BCUT2D eigenvalue weighted by Gasteiger charge is 2.23. The van der Waals surface area contributed by atoms with Crippen LogP contribution in [0.3, 0.4) is 0 Å². The van der Waals surface area contributed by atoms with E-state index in [2.05, 4.69) is 56.9 Å². The zero-order valence-electron chi connectivity index (χ0n) is 13.3. The third-order valence-corrected chi connectivity index (χ3v) is 5.25. The summed E-state index contributed by atoms with van der Waals surface area (Å²) in [6.45, 7) is 6.35. The lowest BCUT2D eigenvalue weighted by Crippen LogP contribution is -2.42. The second-order valence-corrected chi connectivity index (χ2v) is 7.01. The van der Waals surface area contributed by atoms with Crippen molar-refractivity contribution in [2.75, 3.05) is 26.2 Å². The Balaban J connectivity index is 1.79. The molecule has 1 unspecified atom stereocenters. The molecule has 0 amide bonds. The molecule has 0 saturated carbocycles. The summed E-state index contributed by atoms with van der Waals surface area (Å²) in [5.41, 5.74) is 2.37. The van der Waals surface area contributed by atoms with Gasteiger partial charge in [-0.2, -0.15) is 5.10 Å². The van der Waals surface area contributed by atoms with E-state index in [1.165, 1.54) is 10.6 Å². The highest BCUT2D eigenvalue weighted by Crippen LogP contribution is 2.30. The van der Waals surface area contributed by atoms with Crippen LogP contribution in [-0.2, 0) is 0 Å². The molecule has 2 aromatic rings. The van der Waals surface area contributed by atoms with Crippen molar-refractivity contribution in [2.45, 2.75) is 13.3 Å². The molecule has 0 spiro atoms. The molecule has 4 rings (SSSR count). The van der Waals surface area contributed by atoms with Crippen LogP contribution >= 0.6 is 11.3 Å². The molecular formula is C17H21N5S. The van der Waals surface area contributed by atoms with Crippen molar-refractivity contribution in [2.24, 2.45) is 5.92 Å². The zero-order valence-corrected chi connectivity index (χ0v) is 14.1. The number of thiophene rings is 1. The largest absolute Gasteiger partial charge is 0.366 e. The maximum Gasteiger partial charge on any atom is 0.178 e. The molecular weight excluding hydrogens is 306 g/mol. The fraction of sp³-hybridized carbons (Fsp3) is 0.412. The topological polar surface area (TPSA) is 46.0 Å². The standard InChI is InChI=1S/C17H21N5S/c1-13-4-5-14(21-8-6-18-7-9-21)17-19-12-20-22(17)15(11-13)16-3-2-10-23-16/h2-3,5,10-13,18H,4,6-9H2,1H3/b14-5-,15-11-. The van der Waals surface area contributed by atoms with E-state index in [9.17, 15) is 0 Å². The average Bonchev–Trinajstić information content (AvgIpc) is 3.24. The molecule has 0 radical (unpaired) electrons. The van der Waals surface area contributed by atoms with Crippen molar-refractivity contribution < 1.29 is 0 Å². The van der Waals surface area contributed by atoms with Crippen LogP contribution in [0, 0.1) is 5.92 Å². The molecule has 23 heavy (non-hydrogen) atoms. The SMILES string of the molecule is CC1/C=C(/c2cccs2)n2ncnc2/C(N2CCNCC2)=C/C1. The number of aromatic nitrogens is 3. The van der Waals surface area contributed by atoms with Gasteiger partial charge in [0.2, 0.25) is 0 Å². The van der Waals surface area contributed by atoms with Crippen LogP contribution in [-0.4, -0.2) is 45.8 Å². The Labute approximate surface area is 140 Å². The van der Waals surface area contributed by atoms with Crippen LogP contribution in [0.4, 0.5) is 0 Å². The van der Waals surface area contributed by atoms with Gasteiger partial charge in [0.05, 0.1) is 16.3 Å². The molecule has 1 fully saturated rings. The van der Waals surface area contributed by atoms with E-state index in [0.717, 1.165) is 44.1 Å². The van der Waals surface area contributed by atoms with Crippen molar-refractivity contribution in [3.63, 3.8) is 0 Å². The van der Waals surface area contributed by atoms with Crippen LogP contribution in [0.25, 0.3) is 11.4 Å². The summed E-state index contributed by atoms with van der Waals surface area (Å²) in [7, 11) is 0. The van der Waals surface area contributed by atoms with Gasteiger partial charge in [-0.05, 0) is 23.8 Å². The van der Waals surface area contributed by atoms with Crippen molar-refractivity contribution in [1.29, 1.82) is 0 Å². The lowest BCUT2D eigenvalue weighted by Gasteiger charge is -2.32. The van der Waals surface area contributed by atoms with Crippen LogP contribution < -0.4 is 5.32 Å². The van der Waals surface area contributed by atoms with Gasteiger partial charge in [-0.25, -0.2) is 9.67 Å². The molecule has 1 N–H and O–H groups in total. The number of nitrogens with zero attached hydrogens (tertiary/aromatic N) is 4. The Morgan fingerprint density at radius 2 is 2.13 bits per heavy atom. The summed E-state index contributed by atoms with van der Waals surface area (Å²) in [6, 6.07) is 4.25. The lowest BCUT2D eigenvalue weighted by molar-refractivity contribution is 0.337. The Kier molecular flexibility index (Phi) is 4.01. The molecule has 120 valence electrons. The maximum atomic E-state index is 4.59. The van der Waals surface area contributed by atoms with E-state index in [1.54, 1.807) is 17.7 Å². The predicted molar refractivity (Wildman–Crippen MR) is 93.9 cm³/mol. The number of piperazine rings is 1. The van der Waals surface area contributed by atoms with Gasteiger partial charge < -0.3 is 10.2 Å². The minimum Gasteiger partial charge on any atom is -0.366 e. The predicted octanol–water partition coefficient (Wildman–Crippen LogP) is 2.51. The third kappa shape index (κ3) is 2.84. The first-order valence-electron chi connectivity index (χ1n) is 8.15. The van der Waals surface area contributed by atoms with Gasteiger partial charge in [0, 0.05) is 26.2 Å². The number of fused-ring (bicyclic) bond motifs is 1. The molecule has 2 aliphatic heterocycles. The number of nitrogens with one attached hydrogen (secondary N) is 1. The van der Waals surface area contributed by atoms with Gasteiger partial charge in [0.25, 0.3) is 0 Å². The minimum absolute atomic E-state index is 0.474. The van der Waals surface area contributed by atoms with Crippen molar-refractivity contribution in [1.82, 2.24) is 25.0 Å². The van der Waals surface area contributed by atoms with Gasteiger partial charge in [0.1, 0.15) is 6.33 Å². The van der Waals surface area contributed by atoms with Gasteiger partial charge >= 0.3 is 0 Å². The highest BCUT2D eigenvalue weighted by molar-refractivity contribution is 7.11. The molecule has 0 bridgehead atoms.